The lowest BCUT2D eigenvalue weighted by atomic mass is 9.93. The maximum absolute atomic E-state index is 6.12. The van der Waals surface area contributed by atoms with Gasteiger partial charge in [0, 0.05) is 30.5 Å². The zero-order chi connectivity index (χ0) is 18.8. The fraction of sp³-hybridized carbons (Fsp3) is 0.381. The first kappa shape index (κ1) is 21.2. The van der Waals surface area contributed by atoms with Crippen LogP contribution in [-0.4, -0.2) is 30.7 Å². The second kappa shape index (κ2) is 10.9. The number of halogens is 1. The molecule has 1 atom stereocenters. The molecule has 0 aliphatic rings. The van der Waals surface area contributed by atoms with Crippen LogP contribution in [0.3, 0.4) is 0 Å². The third-order valence-corrected chi connectivity index (χ3v) is 4.40. The summed E-state index contributed by atoms with van der Waals surface area (Å²) in [4.78, 5) is 6.49. The van der Waals surface area contributed by atoms with E-state index in [0.717, 1.165) is 29.3 Å². The van der Waals surface area contributed by atoms with Gasteiger partial charge in [-0.1, -0.05) is 43.3 Å². The molecule has 0 aliphatic heterocycles. The Hall–Kier alpha value is -1.84. The van der Waals surface area contributed by atoms with Crippen LogP contribution in [0.25, 0.3) is 0 Å². The van der Waals surface area contributed by atoms with E-state index in [2.05, 4.69) is 41.7 Å². The van der Waals surface area contributed by atoms with Crippen molar-refractivity contribution in [2.45, 2.75) is 33.1 Å². The molecule has 0 amide bonds. The zero-order valence-corrected chi connectivity index (χ0v) is 16.6. The summed E-state index contributed by atoms with van der Waals surface area (Å²) >= 11 is 6.12. The third-order valence-electron chi connectivity index (χ3n) is 3.98. The summed E-state index contributed by atoms with van der Waals surface area (Å²) in [6, 6.07) is 6.23. The summed E-state index contributed by atoms with van der Waals surface area (Å²) in [5, 5.41) is 0.811. The van der Waals surface area contributed by atoms with E-state index in [1.165, 1.54) is 11.1 Å². The number of allylic oxidation sites excluding steroid dienone is 2. The van der Waals surface area contributed by atoms with Crippen LogP contribution in [0.1, 0.15) is 37.3 Å². The maximum Gasteiger partial charge on any atom is 0.0551 e. The molecule has 3 nitrogen and oxygen atoms in total. The average molecular weight is 360 g/mol. The molecule has 2 N–H and O–H groups in total. The van der Waals surface area contributed by atoms with Gasteiger partial charge in [-0.05, 0) is 61.2 Å². The Morgan fingerprint density at radius 2 is 2.16 bits per heavy atom. The van der Waals surface area contributed by atoms with Crippen molar-refractivity contribution < 1.29 is 0 Å². The third kappa shape index (κ3) is 7.72. The summed E-state index contributed by atoms with van der Waals surface area (Å²) in [7, 11) is 2.04. The van der Waals surface area contributed by atoms with E-state index >= 15 is 0 Å². The van der Waals surface area contributed by atoms with Crippen molar-refractivity contribution >= 4 is 17.3 Å². The summed E-state index contributed by atoms with van der Waals surface area (Å²) in [6.45, 7) is 11.2. The molecule has 0 spiro atoms. The number of nitrogens with two attached hydrogens (primary N) is 1. The van der Waals surface area contributed by atoms with E-state index in [-0.39, 0.29) is 0 Å². The summed E-state index contributed by atoms with van der Waals surface area (Å²) in [6.07, 6.45) is 8.35. The number of rotatable bonds is 9. The highest BCUT2D eigenvalue weighted by atomic mass is 35.5. The SMILES string of the molecule is C=C/C=C\N=C(C)CN(C)/C=C(\CN)CC(C)c1ccc(Cl)c(C)c1. The van der Waals surface area contributed by atoms with Crippen molar-refractivity contribution in [1.82, 2.24) is 4.90 Å². The quantitative estimate of drug-likeness (QED) is 0.493. The van der Waals surface area contributed by atoms with E-state index < -0.39 is 0 Å². The van der Waals surface area contributed by atoms with Crippen LogP contribution in [0.5, 0.6) is 0 Å². The topological polar surface area (TPSA) is 41.6 Å². The summed E-state index contributed by atoms with van der Waals surface area (Å²) in [5.41, 5.74) is 10.6. The predicted molar refractivity (Wildman–Crippen MR) is 111 cm³/mol. The Bertz CT molecular complexity index is 659. The van der Waals surface area contributed by atoms with E-state index in [1.54, 1.807) is 12.3 Å². The predicted octanol–water partition coefficient (Wildman–Crippen LogP) is 5.08. The molecule has 0 aliphatic carbocycles. The summed E-state index contributed by atoms with van der Waals surface area (Å²) < 4.78 is 0. The number of hydrogen-bond acceptors (Lipinski definition) is 3. The van der Waals surface area contributed by atoms with Gasteiger partial charge in [-0.3, -0.25) is 4.99 Å². The van der Waals surface area contributed by atoms with Gasteiger partial charge in [0.05, 0.1) is 6.54 Å². The van der Waals surface area contributed by atoms with Crippen LogP contribution in [0, 0.1) is 6.92 Å². The van der Waals surface area contributed by atoms with Crippen molar-refractivity contribution in [3.63, 3.8) is 0 Å². The van der Waals surface area contributed by atoms with Gasteiger partial charge in [-0.25, -0.2) is 0 Å². The molecule has 0 bridgehead atoms. The number of nitrogens with zero attached hydrogens (tertiary/aromatic N) is 2. The van der Waals surface area contributed by atoms with Crippen LogP contribution >= 0.6 is 11.6 Å². The highest BCUT2D eigenvalue weighted by molar-refractivity contribution is 6.31. The van der Waals surface area contributed by atoms with Crippen molar-refractivity contribution in [2.24, 2.45) is 10.7 Å². The van der Waals surface area contributed by atoms with Crippen molar-refractivity contribution in [3.8, 4) is 0 Å². The standard InChI is InChI=1S/C21H30ClN3/c1-6-7-10-24-18(4)14-25(5)15-19(13-23)11-16(2)20-8-9-21(22)17(3)12-20/h6-10,12,15-16H,1,11,13-14,23H2,2-5H3/b10-7-,19-15-,24-18?. The molecule has 1 aromatic carbocycles. The van der Waals surface area contributed by atoms with E-state index in [0.29, 0.717) is 12.5 Å². The molecule has 136 valence electrons. The van der Waals surface area contributed by atoms with Crippen molar-refractivity contribution in [1.29, 1.82) is 0 Å². The van der Waals surface area contributed by atoms with Crippen LogP contribution in [0.2, 0.25) is 5.02 Å². The highest BCUT2D eigenvalue weighted by Crippen LogP contribution is 2.26. The molecule has 0 radical (unpaired) electrons. The first-order chi connectivity index (χ1) is 11.9. The molecule has 25 heavy (non-hydrogen) atoms. The number of aliphatic imine (C=N–C) groups is 1. The largest absolute Gasteiger partial charge is 0.375 e. The Balaban J connectivity index is 2.74. The maximum atomic E-state index is 6.12. The minimum absolute atomic E-state index is 0.393. The lowest BCUT2D eigenvalue weighted by Gasteiger charge is -2.19. The van der Waals surface area contributed by atoms with Gasteiger partial charge in [-0.2, -0.15) is 0 Å². The lowest BCUT2D eigenvalue weighted by Crippen LogP contribution is -2.21. The second-order valence-corrected chi connectivity index (χ2v) is 6.87. The number of aryl methyl sites for hydroxylation is 1. The van der Waals surface area contributed by atoms with Gasteiger partial charge in [0.1, 0.15) is 0 Å². The molecule has 1 aromatic rings. The van der Waals surface area contributed by atoms with Crippen LogP contribution < -0.4 is 5.73 Å². The Morgan fingerprint density at radius 3 is 2.76 bits per heavy atom. The molecule has 0 saturated carbocycles. The molecule has 0 aromatic heterocycles. The first-order valence-electron chi connectivity index (χ1n) is 8.54. The summed E-state index contributed by atoms with van der Waals surface area (Å²) in [5.74, 6) is 0.393. The van der Waals surface area contributed by atoms with Gasteiger partial charge >= 0.3 is 0 Å². The first-order valence-corrected chi connectivity index (χ1v) is 8.92. The van der Waals surface area contributed by atoms with Crippen LogP contribution in [-0.2, 0) is 0 Å². The Kier molecular flexibility index (Phi) is 9.25. The normalized spacial score (nSPS) is 14.0. The molecule has 4 heteroatoms. The van der Waals surface area contributed by atoms with Crippen molar-refractivity contribution in [3.05, 3.63) is 71.1 Å². The molecule has 0 fully saturated rings. The van der Waals surface area contributed by atoms with Gasteiger partial charge in [0.25, 0.3) is 0 Å². The van der Waals surface area contributed by atoms with Crippen LogP contribution in [0.15, 0.2) is 59.9 Å². The molecule has 1 rings (SSSR count). The van der Waals surface area contributed by atoms with Gasteiger partial charge in [0.2, 0.25) is 0 Å². The zero-order valence-electron chi connectivity index (χ0n) is 15.8. The van der Waals surface area contributed by atoms with Crippen LogP contribution in [0.4, 0.5) is 0 Å². The fourth-order valence-corrected chi connectivity index (χ4v) is 2.78. The second-order valence-electron chi connectivity index (χ2n) is 6.46. The van der Waals surface area contributed by atoms with Gasteiger partial charge in [0.15, 0.2) is 0 Å². The minimum atomic E-state index is 0.393. The highest BCUT2D eigenvalue weighted by Gasteiger charge is 2.10. The van der Waals surface area contributed by atoms with Gasteiger partial charge < -0.3 is 10.6 Å². The number of benzene rings is 1. The van der Waals surface area contributed by atoms with E-state index in [1.807, 2.05) is 33.0 Å². The van der Waals surface area contributed by atoms with E-state index in [4.69, 9.17) is 17.3 Å². The molecule has 0 heterocycles. The smallest absolute Gasteiger partial charge is 0.0551 e. The monoisotopic (exact) mass is 359 g/mol. The molecular formula is C21H30ClN3. The Labute approximate surface area is 157 Å². The lowest BCUT2D eigenvalue weighted by molar-refractivity contribution is 0.512. The molecular weight excluding hydrogens is 330 g/mol. The molecule has 1 unspecified atom stereocenters. The van der Waals surface area contributed by atoms with Crippen molar-refractivity contribution in [2.75, 3.05) is 20.1 Å². The average Bonchev–Trinajstić information content (AvgIpc) is 2.56. The van der Waals surface area contributed by atoms with Gasteiger partial charge in [-0.15, -0.1) is 0 Å². The van der Waals surface area contributed by atoms with E-state index in [9.17, 15) is 0 Å². The number of hydrogen-bond donors (Lipinski definition) is 1. The minimum Gasteiger partial charge on any atom is -0.375 e. The molecule has 0 saturated heterocycles. The fourth-order valence-electron chi connectivity index (χ4n) is 2.66. The Morgan fingerprint density at radius 1 is 1.44 bits per heavy atom.